The average Bonchev–Trinajstić information content (AvgIpc) is 2.90. The Balaban J connectivity index is 1.50. The molecule has 0 aliphatic carbocycles. The number of nitrogens with zero attached hydrogens (tertiary/aromatic N) is 3. The first-order valence-electron chi connectivity index (χ1n) is 8.69. The summed E-state index contributed by atoms with van der Waals surface area (Å²) in [5.74, 6) is 0.0880. The molecule has 130 valence electrons. The second kappa shape index (κ2) is 7.34. The predicted molar refractivity (Wildman–Crippen MR) is 92.9 cm³/mol. The van der Waals surface area contributed by atoms with E-state index in [4.69, 9.17) is 4.74 Å². The third-order valence-electron chi connectivity index (χ3n) is 4.65. The van der Waals surface area contributed by atoms with Crippen molar-refractivity contribution in [1.29, 1.82) is 0 Å². The average molecular weight is 331 g/mol. The Morgan fingerprint density at radius 3 is 2.58 bits per heavy atom. The maximum atomic E-state index is 13.7. The van der Waals surface area contributed by atoms with Gasteiger partial charge in [0.15, 0.2) is 11.6 Å². The van der Waals surface area contributed by atoms with Crippen LogP contribution in [0.2, 0.25) is 0 Å². The number of aromatic nitrogens is 2. The molecule has 2 heterocycles. The van der Waals surface area contributed by atoms with Crippen LogP contribution in [-0.2, 0) is 0 Å². The zero-order chi connectivity index (χ0) is 17.1. The van der Waals surface area contributed by atoms with E-state index in [1.54, 1.807) is 12.1 Å². The van der Waals surface area contributed by atoms with Crippen molar-refractivity contribution in [2.24, 2.45) is 0 Å². The molecule has 24 heavy (non-hydrogen) atoms. The molecule has 0 N–H and O–H groups in total. The molecule has 0 bridgehead atoms. The molecule has 1 aliphatic rings. The zero-order valence-electron chi connectivity index (χ0n) is 14.7. The summed E-state index contributed by atoms with van der Waals surface area (Å²) in [7, 11) is 0. The molecular formula is C19H26FN3O. The number of halogens is 1. The van der Waals surface area contributed by atoms with Gasteiger partial charge in [-0.15, -0.1) is 0 Å². The lowest BCUT2D eigenvalue weighted by Gasteiger charge is -2.33. The first kappa shape index (κ1) is 17.0. The maximum absolute atomic E-state index is 13.7. The number of benzene rings is 1. The van der Waals surface area contributed by atoms with Crippen LogP contribution in [0.25, 0.3) is 0 Å². The van der Waals surface area contributed by atoms with Crippen LogP contribution in [-0.4, -0.2) is 40.4 Å². The summed E-state index contributed by atoms with van der Waals surface area (Å²) < 4.78 is 21.6. The number of hydrogen-bond acceptors (Lipinski definition) is 3. The minimum atomic E-state index is -0.280. The van der Waals surface area contributed by atoms with Gasteiger partial charge in [-0.25, -0.2) is 4.39 Å². The van der Waals surface area contributed by atoms with E-state index in [9.17, 15) is 4.39 Å². The van der Waals surface area contributed by atoms with E-state index < -0.39 is 0 Å². The summed E-state index contributed by atoms with van der Waals surface area (Å²) in [6.45, 7) is 9.27. The van der Waals surface area contributed by atoms with Crippen LogP contribution >= 0.6 is 0 Å². The molecule has 1 fully saturated rings. The molecule has 1 aromatic carbocycles. The summed E-state index contributed by atoms with van der Waals surface area (Å²) in [4.78, 5) is 2.45. The Morgan fingerprint density at radius 2 is 1.96 bits per heavy atom. The van der Waals surface area contributed by atoms with Gasteiger partial charge in [-0.05, 0) is 51.8 Å². The summed E-state index contributed by atoms with van der Waals surface area (Å²) in [6.07, 6.45) is 1.96. The first-order valence-corrected chi connectivity index (χ1v) is 8.69. The molecule has 0 spiro atoms. The second-order valence-electron chi connectivity index (χ2n) is 6.77. The minimum Gasteiger partial charge on any atom is -0.487 e. The Bertz CT molecular complexity index is 677. The molecule has 0 unspecified atom stereocenters. The van der Waals surface area contributed by atoms with Gasteiger partial charge >= 0.3 is 0 Å². The van der Waals surface area contributed by atoms with Crippen LogP contribution in [0.1, 0.15) is 37.2 Å². The van der Waals surface area contributed by atoms with Gasteiger partial charge in [-0.3, -0.25) is 4.68 Å². The maximum Gasteiger partial charge on any atom is 0.165 e. The number of likely N-dealkylation sites (tertiary alicyclic amines) is 1. The molecule has 5 heteroatoms. The van der Waals surface area contributed by atoms with Gasteiger partial charge in [-0.1, -0.05) is 12.1 Å². The van der Waals surface area contributed by atoms with E-state index in [-0.39, 0.29) is 11.9 Å². The van der Waals surface area contributed by atoms with Crippen LogP contribution in [0.3, 0.4) is 0 Å². The number of aryl methyl sites for hydroxylation is 2. The molecule has 3 rings (SSSR count). The third-order valence-corrected chi connectivity index (χ3v) is 4.65. The van der Waals surface area contributed by atoms with E-state index >= 15 is 0 Å². The standard InChI is InChI=1S/C19H26FN3O/c1-14-12-15(2)23(21-14)16(3)13-22-10-8-17(9-11-22)24-19-7-5-4-6-18(19)20/h4-7,12,16-17H,8-11,13H2,1-3H3/t16-/m1/s1. The Labute approximate surface area is 143 Å². The number of para-hydroxylation sites is 1. The van der Waals surface area contributed by atoms with Crippen molar-refractivity contribution in [3.63, 3.8) is 0 Å². The van der Waals surface area contributed by atoms with Crippen molar-refractivity contribution in [3.05, 3.63) is 47.5 Å². The number of hydrogen-bond donors (Lipinski definition) is 0. The topological polar surface area (TPSA) is 30.3 Å². The lowest BCUT2D eigenvalue weighted by atomic mass is 10.1. The van der Waals surface area contributed by atoms with Crippen molar-refractivity contribution in [2.45, 2.75) is 45.8 Å². The largest absolute Gasteiger partial charge is 0.487 e. The van der Waals surface area contributed by atoms with Gasteiger partial charge < -0.3 is 9.64 Å². The molecular weight excluding hydrogens is 305 g/mol. The van der Waals surface area contributed by atoms with E-state index in [2.05, 4.69) is 34.6 Å². The Kier molecular flexibility index (Phi) is 5.19. The fraction of sp³-hybridized carbons (Fsp3) is 0.526. The highest BCUT2D eigenvalue weighted by Gasteiger charge is 2.23. The van der Waals surface area contributed by atoms with E-state index in [0.29, 0.717) is 11.8 Å². The molecule has 1 saturated heterocycles. The van der Waals surface area contributed by atoms with E-state index in [1.165, 1.54) is 11.8 Å². The molecule has 4 nitrogen and oxygen atoms in total. The minimum absolute atomic E-state index is 0.0992. The lowest BCUT2D eigenvalue weighted by molar-refractivity contribution is 0.0892. The monoisotopic (exact) mass is 331 g/mol. The fourth-order valence-corrected chi connectivity index (χ4v) is 3.47. The highest BCUT2D eigenvalue weighted by Crippen LogP contribution is 2.22. The van der Waals surface area contributed by atoms with Crippen molar-refractivity contribution < 1.29 is 9.13 Å². The van der Waals surface area contributed by atoms with Crippen molar-refractivity contribution in [1.82, 2.24) is 14.7 Å². The summed E-state index contributed by atoms with van der Waals surface area (Å²) in [5, 5.41) is 4.58. The molecule has 1 aliphatic heterocycles. The van der Waals surface area contributed by atoms with Gasteiger partial charge in [-0.2, -0.15) is 5.10 Å². The fourth-order valence-electron chi connectivity index (χ4n) is 3.47. The number of ether oxygens (including phenoxy) is 1. The van der Waals surface area contributed by atoms with E-state index in [0.717, 1.165) is 38.2 Å². The number of rotatable bonds is 5. The quantitative estimate of drug-likeness (QED) is 0.836. The zero-order valence-corrected chi connectivity index (χ0v) is 14.7. The number of piperidine rings is 1. The van der Waals surface area contributed by atoms with Crippen LogP contribution in [0.5, 0.6) is 5.75 Å². The smallest absolute Gasteiger partial charge is 0.165 e. The van der Waals surface area contributed by atoms with Crippen LogP contribution in [0, 0.1) is 19.7 Å². The first-order chi connectivity index (χ1) is 11.5. The lowest BCUT2D eigenvalue weighted by Crippen LogP contribution is -2.40. The summed E-state index contributed by atoms with van der Waals surface area (Å²) >= 11 is 0. The van der Waals surface area contributed by atoms with Crippen molar-refractivity contribution in [2.75, 3.05) is 19.6 Å². The Hall–Kier alpha value is -1.88. The van der Waals surface area contributed by atoms with Gasteiger partial charge in [0.1, 0.15) is 6.10 Å². The summed E-state index contributed by atoms with van der Waals surface area (Å²) in [6, 6.07) is 9.11. The molecule has 0 amide bonds. The second-order valence-corrected chi connectivity index (χ2v) is 6.77. The third kappa shape index (κ3) is 3.96. The normalized spacial score (nSPS) is 17.8. The molecule has 2 aromatic rings. The van der Waals surface area contributed by atoms with Crippen LogP contribution in [0.15, 0.2) is 30.3 Å². The predicted octanol–water partition coefficient (Wildman–Crippen LogP) is 3.74. The van der Waals surface area contributed by atoms with Gasteiger partial charge in [0.25, 0.3) is 0 Å². The molecule has 0 saturated carbocycles. The molecule has 1 aromatic heterocycles. The van der Waals surface area contributed by atoms with E-state index in [1.807, 2.05) is 13.0 Å². The van der Waals surface area contributed by atoms with Crippen molar-refractivity contribution in [3.8, 4) is 5.75 Å². The van der Waals surface area contributed by atoms with Gasteiger partial charge in [0.2, 0.25) is 0 Å². The summed E-state index contributed by atoms with van der Waals surface area (Å²) in [5.41, 5.74) is 2.27. The SMILES string of the molecule is Cc1cc(C)n([C@H](C)CN2CCC(Oc3ccccc3F)CC2)n1. The highest BCUT2D eigenvalue weighted by molar-refractivity contribution is 5.23. The Morgan fingerprint density at radius 1 is 1.25 bits per heavy atom. The van der Waals surface area contributed by atoms with Crippen LogP contribution < -0.4 is 4.74 Å². The molecule has 1 atom stereocenters. The van der Waals surface area contributed by atoms with Gasteiger partial charge in [0.05, 0.1) is 11.7 Å². The molecule has 0 radical (unpaired) electrons. The van der Waals surface area contributed by atoms with Gasteiger partial charge in [0, 0.05) is 25.3 Å². The van der Waals surface area contributed by atoms with Crippen LogP contribution in [0.4, 0.5) is 4.39 Å². The highest BCUT2D eigenvalue weighted by atomic mass is 19.1. The van der Waals surface area contributed by atoms with Crippen molar-refractivity contribution >= 4 is 0 Å².